The molecule has 0 bridgehead atoms. The fourth-order valence-electron chi connectivity index (χ4n) is 2.34. The Balaban J connectivity index is 1.87. The van der Waals surface area contributed by atoms with Crippen LogP contribution in [0.1, 0.15) is 49.2 Å². The Hall–Kier alpha value is -0.390. The highest BCUT2D eigenvalue weighted by Crippen LogP contribution is 2.39. The van der Waals surface area contributed by atoms with Crippen molar-refractivity contribution in [2.45, 2.75) is 45.1 Å². The molecule has 0 aromatic carbocycles. The van der Waals surface area contributed by atoms with E-state index in [0.717, 1.165) is 29.5 Å². The van der Waals surface area contributed by atoms with Gasteiger partial charge in [0, 0.05) is 6.54 Å². The number of amides is 1. The summed E-state index contributed by atoms with van der Waals surface area (Å²) in [6, 6.07) is 3.65. The van der Waals surface area contributed by atoms with Crippen molar-refractivity contribution in [3.8, 4) is 0 Å². The van der Waals surface area contributed by atoms with E-state index >= 15 is 0 Å². The number of nitrogens with one attached hydrogen (secondary N) is 1. The second-order valence-electron chi connectivity index (χ2n) is 6.17. The van der Waals surface area contributed by atoms with Gasteiger partial charge in [0.1, 0.15) is 0 Å². The molecule has 1 fully saturated rings. The average molecular weight is 346 g/mol. The van der Waals surface area contributed by atoms with E-state index in [2.05, 4.69) is 35.1 Å². The number of thiophene rings is 1. The zero-order valence-corrected chi connectivity index (χ0v) is 13.7. The first kappa shape index (κ1) is 15.0. The van der Waals surface area contributed by atoms with Crippen LogP contribution in [0.25, 0.3) is 0 Å². The second-order valence-corrected chi connectivity index (χ2v) is 8.64. The van der Waals surface area contributed by atoms with Crippen LogP contribution in [0.3, 0.4) is 0 Å². The first-order chi connectivity index (χ1) is 8.80. The van der Waals surface area contributed by atoms with Gasteiger partial charge in [0.2, 0.25) is 0 Å². The van der Waals surface area contributed by atoms with Gasteiger partial charge in [0.05, 0.1) is 14.3 Å². The number of hydrogen-bond donors (Lipinski definition) is 2. The minimum atomic E-state index is -0.736. The van der Waals surface area contributed by atoms with E-state index in [-0.39, 0.29) is 5.91 Å². The molecule has 106 valence electrons. The van der Waals surface area contributed by atoms with Gasteiger partial charge >= 0.3 is 0 Å². The number of carbonyl (C=O) groups excluding carboxylic acids is 1. The summed E-state index contributed by atoms with van der Waals surface area (Å²) in [6.45, 7) is 4.81. The van der Waals surface area contributed by atoms with Crippen molar-refractivity contribution in [1.82, 2.24) is 5.32 Å². The van der Waals surface area contributed by atoms with Crippen LogP contribution >= 0.6 is 27.3 Å². The van der Waals surface area contributed by atoms with Crippen LogP contribution in [0.15, 0.2) is 15.9 Å². The summed E-state index contributed by atoms with van der Waals surface area (Å²) in [5, 5.41) is 13.3. The molecule has 0 atom stereocenters. The van der Waals surface area contributed by atoms with Gasteiger partial charge in [-0.1, -0.05) is 13.8 Å². The van der Waals surface area contributed by atoms with Crippen LogP contribution in [0.4, 0.5) is 0 Å². The Morgan fingerprint density at radius 2 is 2.00 bits per heavy atom. The first-order valence-corrected chi connectivity index (χ1v) is 8.17. The molecule has 1 aromatic heterocycles. The summed E-state index contributed by atoms with van der Waals surface area (Å²) in [7, 11) is 0. The molecule has 2 N–H and O–H groups in total. The van der Waals surface area contributed by atoms with Crippen LogP contribution in [0.2, 0.25) is 0 Å². The topological polar surface area (TPSA) is 49.3 Å². The molecule has 1 saturated carbocycles. The van der Waals surface area contributed by atoms with Crippen LogP contribution in [0, 0.1) is 5.41 Å². The highest BCUT2D eigenvalue weighted by molar-refractivity contribution is 9.11. The molecule has 1 heterocycles. The number of carbonyl (C=O) groups is 1. The summed E-state index contributed by atoms with van der Waals surface area (Å²) < 4.78 is 0.941. The van der Waals surface area contributed by atoms with Gasteiger partial charge in [-0.05, 0) is 59.2 Å². The highest BCUT2D eigenvalue weighted by Gasteiger charge is 2.36. The number of hydrogen-bond acceptors (Lipinski definition) is 3. The maximum atomic E-state index is 11.9. The maximum absolute atomic E-state index is 11.9. The van der Waals surface area contributed by atoms with Crippen molar-refractivity contribution >= 4 is 33.2 Å². The van der Waals surface area contributed by atoms with Crippen LogP contribution in [-0.2, 0) is 0 Å². The SMILES string of the molecule is CC1(C)CCC(O)(CNC(=O)c2ccc(Br)s2)CC1. The van der Waals surface area contributed by atoms with E-state index in [4.69, 9.17) is 0 Å². The molecule has 0 unspecified atom stereocenters. The Kier molecular flexibility index (Phi) is 4.38. The van der Waals surface area contributed by atoms with Gasteiger partial charge < -0.3 is 10.4 Å². The molecule has 5 heteroatoms. The first-order valence-electron chi connectivity index (χ1n) is 6.56. The van der Waals surface area contributed by atoms with E-state index < -0.39 is 5.60 Å². The average Bonchev–Trinajstić information content (AvgIpc) is 2.78. The third-order valence-electron chi connectivity index (χ3n) is 3.91. The molecule has 0 aliphatic heterocycles. The van der Waals surface area contributed by atoms with Gasteiger partial charge in [0.25, 0.3) is 5.91 Å². The Morgan fingerprint density at radius 3 is 2.53 bits per heavy atom. The zero-order valence-electron chi connectivity index (χ0n) is 11.3. The molecule has 3 nitrogen and oxygen atoms in total. The predicted octanol–water partition coefficient (Wildman–Crippen LogP) is 3.57. The summed E-state index contributed by atoms with van der Waals surface area (Å²) in [6.07, 6.45) is 3.52. The number of rotatable bonds is 3. The lowest BCUT2D eigenvalue weighted by Gasteiger charge is -2.40. The zero-order chi connectivity index (χ0) is 14.1. The normalized spacial score (nSPS) is 21.1. The van der Waals surface area contributed by atoms with Crippen molar-refractivity contribution in [1.29, 1.82) is 0 Å². The predicted molar refractivity (Wildman–Crippen MR) is 81.6 cm³/mol. The van der Waals surface area contributed by atoms with Crippen molar-refractivity contribution in [3.05, 3.63) is 20.8 Å². The third-order valence-corrected chi connectivity index (χ3v) is 5.53. The molecule has 1 amide bonds. The highest BCUT2D eigenvalue weighted by atomic mass is 79.9. The van der Waals surface area contributed by atoms with Crippen LogP contribution in [0.5, 0.6) is 0 Å². The Bertz CT molecular complexity index is 460. The fraction of sp³-hybridized carbons (Fsp3) is 0.643. The summed E-state index contributed by atoms with van der Waals surface area (Å²) in [4.78, 5) is 12.6. The lowest BCUT2D eigenvalue weighted by Crippen LogP contribution is -2.46. The molecule has 2 rings (SSSR count). The lowest BCUT2D eigenvalue weighted by molar-refractivity contribution is -0.0232. The van der Waals surface area contributed by atoms with Crippen molar-refractivity contribution in [3.63, 3.8) is 0 Å². The minimum Gasteiger partial charge on any atom is -0.388 e. The quantitative estimate of drug-likeness (QED) is 0.879. The molecule has 0 radical (unpaired) electrons. The van der Waals surface area contributed by atoms with Gasteiger partial charge in [-0.3, -0.25) is 4.79 Å². The van der Waals surface area contributed by atoms with E-state index in [1.54, 1.807) is 6.07 Å². The summed E-state index contributed by atoms with van der Waals surface area (Å²) in [5.74, 6) is -0.103. The van der Waals surface area contributed by atoms with Gasteiger partial charge in [-0.15, -0.1) is 11.3 Å². The Morgan fingerprint density at radius 1 is 1.37 bits per heavy atom. The van der Waals surface area contributed by atoms with Crippen molar-refractivity contribution in [2.75, 3.05) is 6.54 Å². The molecule has 0 spiro atoms. The molecule has 1 aliphatic carbocycles. The summed E-state index contributed by atoms with van der Waals surface area (Å²) in [5.41, 5.74) is -0.422. The molecule has 19 heavy (non-hydrogen) atoms. The molecule has 0 saturated heterocycles. The standard InChI is InChI=1S/C14H20BrNO2S/c1-13(2)5-7-14(18,8-6-13)9-16-12(17)10-3-4-11(15)19-10/h3-4,18H,5-9H2,1-2H3,(H,16,17). The smallest absolute Gasteiger partial charge is 0.261 e. The van der Waals surface area contributed by atoms with Gasteiger partial charge in [-0.2, -0.15) is 0 Å². The van der Waals surface area contributed by atoms with Crippen LogP contribution < -0.4 is 5.32 Å². The van der Waals surface area contributed by atoms with Crippen molar-refractivity contribution < 1.29 is 9.90 Å². The summed E-state index contributed by atoms with van der Waals surface area (Å²) >= 11 is 4.74. The van der Waals surface area contributed by atoms with E-state index in [1.165, 1.54) is 11.3 Å². The maximum Gasteiger partial charge on any atom is 0.261 e. The monoisotopic (exact) mass is 345 g/mol. The van der Waals surface area contributed by atoms with Crippen LogP contribution in [-0.4, -0.2) is 23.2 Å². The lowest BCUT2D eigenvalue weighted by atomic mass is 9.71. The third kappa shape index (κ3) is 4.04. The number of aliphatic hydroxyl groups is 1. The van der Waals surface area contributed by atoms with E-state index in [0.29, 0.717) is 16.8 Å². The fourth-order valence-corrected chi connectivity index (χ4v) is 3.64. The molecule has 1 aliphatic rings. The molecular weight excluding hydrogens is 326 g/mol. The molecular formula is C14H20BrNO2S. The van der Waals surface area contributed by atoms with Gasteiger partial charge in [0.15, 0.2) is 0 Å². The van der Waals surface area contributed by atoms with Gasteiger partial charge in [-0.25, -0.2) is 0 Å². The van der Waals surface area contributed by atoms with E-state index in [9.17, 15) is 9.90 Å². The minimum absolute atomic E-state index is 0.103. The second kappa shape index (κ2) is 5.54. The largest absolute Gasteiger partial charge is 0.388 e. The number of halogens is 1. The van der Waals surface area contributed by atoms with E-state index in [1.807, 2.05) is 6.07 Å². The molecule has 1 aromatic rings. The Labute approximate surface area is 126 Å². The van der Waals surface area contributed by atoms with Crippen molar-refractivity contribution in [2.24, 2.45) is 5.41 Å².